The molecule has 1 aromatic carbocycles. The maximum Gasteiger partial charge on any atom is 0.335 e. The Labute approximate surface area is 116 Å². The Bertz CT molecular complexity index is 566. The molecule has 0 aliphatic heterocycles. The van der Waals surface area contributed by atoms with E-state index in [2.05, 4.69) is 5.32 Å². The molecule has 0 saturated heterocycles. The molecule has 0 saturated carbocycles. The van der Waals surface area contributed by atoms with Crippen LogP contribution in [0.1, 0.15) is 42.5 Å². The van der Waals surface area contributed by atoms with E-state index in [9.17, 15) is 14.0 Å². The van der Waals surface area contributed by atoms with Crippen LogP contribution in [0, 0.1) is 5.82 Å². The third kappa shape index (κ3) is 3.66. The van der Waals surface area contributed by atoms with E-state index in [1.807, 2.05) is 6.08 Å². The summed E-state index contributed by atoms with van der Waals surface area (Å²) >= 11 is 0. The first kappa shape index (κ1) is 14.2. The first-order chi connectivity index (χ1) is 9.56. The van der Waals surface area contributed by atoms with Crippen LogP contribution in [-0.4, -0.2) is 17.0 Å². The van der Waals surface area contributed by atoms with Crippen molar-refractivity contribution in [1.82, 2.24) is 0 Å². The van der Waals surface area contributed by atoms with Crippen LogP contribution in [0.4, 0.5) is 10.1 Å². The van der Waals surface area contributed by atoms with Crippen LogP contribution >= 0.6 is 0 Å². The molecule has 0 bridgehead atoms. The number of allylic oxidation sites excluding steroid dienone is 1. The molecule has 0 radical (unpaired) electrons. The van der Waals surface area contributed by atoms with Gasteiger partial charge in [-0.3, -0.25) is 4.79 Å². The highest BCUT2D eigenvalue weighted by molar-refractivity contribution is 5.95. The summed E-state index contributed by atoms with van der Waals surface area (Å²) in [6.45, 7) is 0. The molecule has 0 unspecified atom stereocenters. The molecule has 1 aliphatic carbocycles. The molecule has 0 heterocycles. The van der Waals surface area contributed by atoms with Gasteiger partial charge in [0.2, 0.25) is 5.91 Å². The van der Waals surface area contributed by atoms with Crippen molar-refractivity contribution in [2.45, 2.75) is 32.1 Å². The fourth-order valence-electron chi connectivity index (χ4n) is 2.22. The molecule has 2 rings (SSSR count). The van der Waals surface area contributed by atoms with Crippen molar-refractivity contribution >= 4 is 17.6 Å². The van der Waals surface area contributed by atoms with Gasteiger partial charge in [0.15, 0.2) is 0 Å². The average molecular weight is 277 g/mol. The van der Waals surface area contributed by atoms with Crippen LogP contribution in [0.2, 0.25) is 0 Å². The second-order valence-electron chi connectivity index (χ2n) is 4.83. The van der Waals surface area contributed by atoms with Gasteiger partial charge in [0.1, 0.15) is 5.82 Å². The third-order valence-corrected chi connectivity index (χ3v) is 3.26. The van der Waals surface area contributed by atoms with Crippen molar-refractivity contribution in [3.05, 3.63) is 41.2 Å². The largest absolute Gasteiger partial charge is 0.478 e. The summed E-state index contributed by atoms with van der Waals surface area (Å²) < 4.78 is 13.5. The quantitative estimate of drug-likeness (QED) is 0.829. The molecule has 0 fully saturated rings. The van der Waals surface area contributed by atoms with E-state index in [1.54, 1.807) is 0 Å². The van der Waals surface area contributed by atoms with Crippen LogP contribution < -0.4 is 5.32 Å². The van der Waals surface area contributed by atoms with Crippen molar-refractivity contribution in [1.29, 1.82) is 0 Å². The molecule has 106 valence electrons. The Morgan fingerprint density at radius 1 is 1.30 bits per heavy atom. The van der Waals surface area contributed by atoms with Gasteiger partial charge >= 0.3 is 5.97 Å². The number of carboxylic acid groups (broad SMARTS) is 1. The van der Waals surface area contributed by atoms with Crippen molar-refractivity contribution in [3.8, 4) is 0 Å². The standard InChI is InChI=1S/C15H16FNO3/c16-12-7-6-11(15(19)20)9-13(12)17-14(18)8-10-4-2-1-3-5-10/h4,6-7,9H,1-3,5,8H2,(H,17,18)(H,19,20). The zero-order chi connectivity index (χ0) is 14.5. The van der Waals surface area contributed by atoms with Crippen LogP contribution in [0.25, 0.3) is 0 Å². The number of anilines is 1. The van der Waals surface area contributed by atoms with E-state index >= 15 is 0 Å². The Morgan fingerprint density at radius 3 is 2.75 bits per heavy atom. The van der Waals surface area contributed by atoms with Gasteiger partial charge in [-0.2, -0.15) is 0 Å². The number of carbonyl (C=O) groups excluding carboxylic acids is 1. The lowest BCUT2D eigenvalue weighted by Gasteiger charge is -2.13. The number of benzene rings is 1. The maximum absolute atomic E-state index is 13.5. The molecular formula is C15H16FNO3. The summed E-state index contributed by atoms with van der Waals surface area (Å²) in [6, 6.07) is 3.33. The Hall–Kier alpha value is -2.17. The van der Waals surface area contributed by atoms with E-state index in [0.29, 0.717) is 0 Å². The lowest BCUT2D eigenvalue weighted by atomic mass is 9.97. The lowest BCUT2D eigenvalue weighted by molar-refractivity contribution is -0.115. The van der Waals surface area contributed by atoms with Gasteiger partial charge in [-0.25, -0.2) is 9.18 Å². The number of aromatic carboxylic acids is 1. The maximum atomic E-state index is 13.5. The topological polar surface area (TPSA) is 66.4 Å². The molecule has 5 heteroatoms. The second kappa shape index (κ2) is 6.32. The minimum Gasteiger partial charge on any atom is -0.478 e. The molecule has 0 atom stereocenters. The normalized spacial score (nSPS) is 14.6. The van der Waals surface area contributed by atoms with Gasteiger partial charge in [0.05, 0.1) is 11.3 Å². The number of amides is 1. The number of carbonyl (C=O) groups is 2. The number of hydrogen-bond donors (Lipinski definition) is 2. The molecule has 4 nitrogen and oxygen atoms in total. The minimum atomic E-state index is -1.16. The molecule has 0 aromatic heterocycles. The van der Waals surface area contributed by atoms with Gasteiger partial charge in [-0.05, 0) is 43.9 Å². The SMILES string of the molecule is O=C(CC1=CCCCC1)Nc1cc(C(=O)O)ccc1F. The average Bonchev–Trinajstić information content (AvgIpc) is 2.42. The fourth-order valence-corrected chi connectivity index (χ4v) is 2.22. The summed E-state index contributed by atoms with van der Waals surface area (Å²) in [7, 11) is 0. The molecular weight excluding hydrogens is 261 g/mol. The third-order valence-electron chi connectivity index (χ3n) is 3.26. The molecule has 2 N–H and O–H groups in total. The lowest BCUT2D eigenvalue weighted by Crippen LogP contribution is -2.14. The molecule has 1 aliphatic rings. The number of carboxylic acids is 1. The minimum absolute atomic E-state index is 0.0569. The number of nitrogens with one attached hydrogen (secondary N) is 1. The summed E-state index contributed by atoms with van der Waals surface area (Å²) in [5.41, 5.74) is 0.911. The number of rotatable bonds is 4. The van der Waals surface area contributed by atoms with E-state index in [4.69, 9.17) is 5.11 Å². The highest BCUT2D eigenvalue weighted by atomic mass is 19.1. The van der Waals surface area contributed by atoms with Crippen LogP contribution in [0.3, 0.4) is 0 Å². The van der Waals surface area contributed by atoms with Gasteiger partial charge in [-0.15, -0.1) is 0 Å². The molecule has 20 heavy (non-hydrogen) atoms. The summed E-state index contributed by atoms with van der Waals surface area (Å²) in [5, 5.41) is 11.3. The number of halogens is 1. The highest BCUT2D eigenvalue weighted by Gasteiger charge is 2.13. The van der Waals surface area contributed by atoms with E-state index in [-0.39, 0.29) is 23.6 Å². The van der Waals surface area contributed by atoms with E-state index in [1.165, 1.54) is 0 Å². The summed E-state index contributed by atoms with van der Waals surface area (Å²) in [6.07, 6.45) is 6.36. The summed E-state index contributed by atoms with van der Waals surface area (Å²) in [4.78, 5) is 22.7. The van der Waals surface area contributed by atoms with Crippen LogP contribution in [-0.2, 0) is 4.79 Å². The Kier molecular flexibility index (Phi) is 4.50. The molecule has 1 amide bonds. The Balaban J connectivity index is 2.05. The molecule has 0 spiro atoms. The zero-order valence-electron chi connectivity index (χ0n) is 11.0. The van der Waals surface area contributed by atoms with Crippen LogP contribution in [0.15, 0.2) is 29.8 Å². The fraction of sp³-hybridized carbons (Fsp3) is 0.333. The zero-order valence-corrected chi connectivity index (χ0v) is 11.0. The predicted octanol–water partition coefficient (Wildman–Crippen LogP) is 3.35. The second-order valence-corrected chi connectivity index (χ2v) is 4.83. The van der Waals surface area contributed by atoms with E-state index in [0.717, 1.165) is 49.5 Å². The van der Waals surface area contributed by atoms with E-state index < -0.39 is 11.8 Å². The van der Waals surface area contributed by atoms with Gasteiger partial charge in [0, 0.05) is 6.42 Å². The van der Waals surface area contributed by atoms with Gasteiger partial charge in [-0.1, -0.05) is 11.6 Å². The predicted molar refractivity (Wildman–Crippen MR) is 73.2 cm³/mol. The monoisotopic (exact) mass is 277 g/mol. The highest BCUT2D eigenvalue weighted by Crippen LogP contribution is 2.22. The van der Waals surface area contributed by atoms with Gasteiger partial charge < -0.3 is 10.4 Å². The van der Waals surface area contributed by atoms with Crippen LogP contribution in [0.5, 0.6) is 0 Å². The van der Waals surface area contributed by atoms with Gasteiger partial charge in [0.25, 0.3) is 0 Å². The van der Waals surface area contributed by atoms with Crippen molar-refractivity contribution < 1.29 is 19.1 Å². The van der Waals surface area contributed by atoms with Crippen molar-refractivity contribution in [2.75, 3.05) is 5.32 Å². The first-order valence-corrected chi connectivity index (χ1v) is 6.57. The first-order valence-electron chi connectivity index (χ1n) is 6.57. The summed E-state index contributed by atoms with van der Waals surface area (Å²) in [5.74, 6) is -2.11. The van der Waals surface area contributed by atoms with Crippen molar-refractivity contribution in [3.63, 3.8) is 0 Å². The van der Waals surface area contributed by atoms with Crippen molar-refractivity contribution in [2.24, 2.45) is 0 Å². The smallest absolute Gasteiger partial charge is 0.335 e. The Morgan fingerprint density at radius 2 is 2.10 bits per heavy atom. The molecule has 1 aromatic rings. The number of hydrogen-bond acceptors (Lipinski definition) is 2.